The van der Waals surface area contributed by atoms with Crippen LogP contribution in [0.4, 0.5) is 4.39 Å². The molecule has 0 atom stereocenters. The summed E-state index contributed by atoms with van der Waals surface area (Å²) in [6.07, 6.45) is 0. The molecule has 0 saturated carbocycles. The summed E-state index contributed by atoms with van der Waals surface area (Å²) in [5.41, 5.74) is 0.513. The van der Waals surface area contributed by atoms with Crippen molar-refractivity contribution in [2.45, 2.75) is 0 Å². The quantitative estimate of drug-likeness (QED) is 0.570. The van der Waals surface area contributed by atoms with Crippen molar-refractivity contribution in [3.8, 4) is 0 Å². The molecule has 0 aliphatic carbocycles. The van der Waals surface area contributed by atoms with Crippen LogP contribution in [0.1, 0.15) is 0 Å². The monoisotopic (exact) mass is 181 g/mol. The fraction of sp³-hybridized carbons (Fsp3) is 0. The molecular formula is C9H5ClFN. The van der Waals surface area contributed by atoms with Gasteiger partial charge in [-0.3, -0.25) is 0 Å². The smallest absolute Gasteiger partial charge is 0.213 e. The molecule has 1 heterocycles. The van der Waals surface area contributed by atoms with Gasteiger partial charge in [0.15, 0.2) is 0 Å². The average Bonchev–Trinajstić information content (AvgIpc) is 2.07. The summed E-state index contributed by atoms with van der Waals surface area (Å²) >= 11 is 5.80. The molecule has 0 spiro atoms. The van der Waals surface area contributed by atoms with Crippen molar-refractivity contribution in [1.29, 1.82) is 0 Å². The van der Waals surface area contributed by atoms with Crippen molar-refractivity contribution in [1.82, 2.24) is 4.98 Å². The van der Waals surface area contributed by atoms with Gasteiger partial charge in [0.1, 0.15) is 0 Å². The minimum atomic E-state index is -0.504. The Morgan fingerprint density at radius 3 is 2.83 bits per heavy atom. The van der Waals surface area contributed by atoms with Crippen LogP contribution in [-0.4, -0.2) is 4.98 Å². The Hall–Kier alpha value is -1.15. The predicted molar refractivity (Wildman–Crippen MR) is 46.7 cm³/mol. The highest BCUT2D eigenvalue weighted by Gasteiger charge is 2.00. The standard InChI is InChI=1S/C9H5ClFN/c10-7-3-1-2-6-4-5-8(11)12-9(6)7/h1-5H. The number of para-hydroxylation sites is 1. The first-order valence-electron chi connectivity index (χ1n) is 3.48. The Morgan fingerprint density at radius 2 is 2.00 bits per heavy atom. The SMILES string of the molecule is Fc1ccc2cccc(Cl)c2n1. The van der Waals surface area contributed by atoms with Gasteiger partial charge >= 0.3 is 0 Å². The van der Waals surface area contributed by atoms with Gasteiger partial charge in [-0.15, -0.1) is 0 Å². The van der Waals surface area contributed by atoms with E-state index in [2.05, 4.69) is 4.98 Å². The first-order chi connectivity index (χ1) is 5.77. The number of hydrogen-bond donors (Lipinski definition) is 0. The van der Waals surface area contributed by atoms with E-state index < -0.39 is 5.95 Å². The molecule has 2 aromatic rings. The molecule has 0 unspecified atom stereocenters. The molecule has 0 radical (unpaired) electrons. The second-order valence-electron chi connectivity index (χ2n) is 2.45. The zero-order valence-electron chi connectivity index (χ0n) is 6.09. The summed E-state index contributed by atoms with van der Waals surface area (Å²) in [6, 6.07) is 8.32. The number of pyridine rings is 1. The van der Waals surface area contributed by atoms with Crippen LogP contribution in [0.25, 0.3) is 10.9 Å². The number of nitrogens with zero attached hydrogens (tertiary/aromatic N) is 1. The van der Waals surface area contributed by atoms with Crippen LogP contribution in [0.5, 0.6) is 0 Å². The lowest BCUT2D eigenvalue weighted by molar-refractivity contribution is 0.589. The van der Waals surface area contributed by atoms with Crippen LogP contribution < -0.4 is 0 Å². The second kappa shape index (κ2) is 2.72. The number of rotatable bonds is 0. The highest BCUT2D eigenvalue weighted by molar-refractivity contribution is 6.34. The summed E-state index contributed by atoms with van der Waals surface area (Å²) < 4.78 is 12.6. The summed E-state index contributed by atoms with van der Waals surface area (Å²) in [6.45, 7) is 0. The normalized spacial score (nSPS) is 10.5. The molecular weight excluding hydrogens is 177 g/mol. The molecule has 1 nitrogen and oxygen atoms in total. The minimum Gasteiger partial charge on any atom is -0.218 e. The van der Waals surface area contributed by atoms with Gasteiger partial charge < -0.3 is 0 Å². The van der Waals surface area contributed by atoms with E-state index in [-0.39, 0.29) is 0 Å². The van der Waals surface area contributed by atoms with Gasteiger partial charge in [0.2, 0.25) is 5.95 Å². The number of aromatic nitrogens is 1. The van der Waals surface area contributed by atoms with E-state index >= 15 is 0 Å². The topological polar surface area (TPSA) is 12.9 Å². The highest BCUT2D eigenvalue weighted by atomic mass is 35.5. The van der Waals surface area contributed by atoms with Gasteiger partial charge in [-0.2, -0.15) is 4.39 Å². The second-order valence-corrected chi connectivity index (χ2v) is 2.85. The van der Waals surface area contributed by atoms with E-state index in [1.54, 1.807) is 12.1 Å². The molecule has 0 aliphatic rings. The van der Waals surface area contributed by atoms with Crippen molar-refractivity contribution in [2.24, 2.45) is 0 Å². The third-order valence-electron chi connectivity index (χ3n) is 1.64. The highest BCUT2D eigenvalue weighted by Crippen LogP contribution is 2.20. The summed E-state index contributed by atoms with van der Waals surface area (Å²) in [4.78, 5) is 3.68. The van der Waals surface area contributed by atoms with Gasteiger partial charge in [-0.1, -0.05) is 23.7 Å². The first kappa shape index (κ1) is 7.50. The summed E-state index contributed by atoms with van der Waals surface area (Å²) in [7, 11) is 0. The van der Waals surface area contributed by atoms with Crippen molar-refractivity contribution < 1.29 is 4.39 Å². The van der Waals surface area contributed by atoms with E-state index in [0.29, 0.717) is 10.5 Å². The molecule has 0 bridgehead atoms. The number of halogens is 2. The maximum absolute atomic E-state index is 12.6. The fourth-order valence-corrected chi connectivity index (χ4v) is 1.31. The number of fused-ring (bicyclic) bond motifs is 1. The summed E-state index contributed by atoms with van der Waals surface area (Å²) in [5, 5.41) is 1.33. The molecule has 0 saturated heterocycles. The average molecular weight is 182 g/mol. The minimum absolute atomic E-state index is 0.479. The van der Waals surface area contributed by atoms with E-state index in [4.69, 9.17) is 11.6 Å². The fourth-order valence-electron chi connectivity index (χ4n) is 1.09. The number of hydrogen-bond acceptors (Lipinski definition) is 1. The van der Waals surface area contributed by atoms with Gasteiger partial charge in [0.05, 0.1) is 10.5 Å². The van der Waals surface area contributed by atoms with Crippen LogP contribution in [-0.2, 0) is 0 Å². The van der Waals surface area contributed by atoms with Gasteiger partial charge in [0, 0.05) is 5.39 Å². The van der Waals surface area contributed by atoms with Crippen LogP contribution in [0.3, 0.4) is 0 Å². The molecule has 0 fully saturated rings. The Morgan fingerprint density at radius 1 is 1.17 bits per heavy atom. The van der Waals surface area contributed by atoms with Crippen LogP contribution in [0.2, 0.25) is 5.02 Å². The first-order valence-corrected chi connectivity index (χ1v) is 3.86. The lowest BCUT2D eigenvalue weighted by atomic mass is 10.2. The lowest BCUT2D eigenvalue weighted by Gasteiger charge is -1.97. The molecule has 12 heavy (non-hydrogen) atoms. The Balaban J connectivity index is 2.88. The molecule has 0 aliphatic heterocycles. The molecule has 2 rings (SSSR count). The molecule has 3 heteroatoms. The van der Waals surface area contributed by atoms with E-state index in [9.17, 15) is 4.39 Å². The van der Waals surface area contributed by atoms with Crippen molar-refractivity contribution in [3.63, 3.8) is 0 Å². The largest absolute Gasteiger partial charge is 0.218 e. The molecule has 1 aromatic carbocycles. The van der Waals surface area contributed by atoms with E-state index in [0.717, 1.165) is 5.39 Å². The van der Waals surface area contributed by atoms with Crippen molar-refractivity contribution >= 4 is 22.5 Å². The van der Waals surface area contributed by atoms with Gasteiger partial charge in [-0.05, 0) is 18.2 Å². The molecule has 60 valence electrons. The third kappa shape index (κ3) is 1.14. The van der Waals surface area contributed by atoms with E-state index in [1.807, 2.05) is 12.1 Å². The predicted octanol–water partition coefficient (Wildman–Crippen LogP) is 3.03. The summed E-state index contributed by atoms with van der Waals surface area (Å²) in [5.74, 6) is -0.504. The Bertz CT molecular complexity index is 428. The maximum Gasteiger partial charge on any atom is 0.213 e. The zero-order valence-corrected chi connectivity index (χ0v) is 6.85. The van der Waals surface area contributed by atoms with Crippen molar-refractivity contribution in [2.75, 3.05) is 0 Å². The maximum atomic E-state index is 12.6. The van der Waals surface area contributed by atoms with Crippen molar-refractivity contribution in [3.05, 3.63) is 41.3 Å². The molecule has 1 aromatic heterocycles. The third-order valence-corrected chi connectivity index (χ3v) is 1.94. The lowest BCUT2D eigenvalue weighted by Crippen LogP contribution is -1.83. The Labute approximate surface area is 73.8 Å². The van der Waals surface area contributed by atoms with E-state index in [1.165, 1.54) is 6.07 Å². The molecule has 0 N–H and O–H groups in total. The van der Waals surface area contributed by atoms with Gasteiger partial charge in [-0.25, -0.2) is 4.98 Å². The zero-order chi connectivity index (χ0) is 8.55. The van der Waals surface area contributed by atoms with Crippen LogP contribution >= 0.6 is 11.6 Å². The Kier molecular flexibility index (Phi) is 1.70. The van der Waals surface area contributed by atoms with Gasteiger partial charge in [0.25, 0.3) is 0 Å². The van der Waals surface area contributed by atoms with Crippen LogP contribution in [0.15, 0.2) is 30.3 Å². The van der Waals surface area contributed by atoms with Crippen LogP contribution in [0, 0.1) is 5.95 Å². The number of benzene rings is 1. The molecule has 0 amide bonds.